The highest BCUT2D eigenvalue weighted by atomic mass is 16.5. The van der Waals surface area contributed by atoms with E-state index in [0.29, 0.717) is 22.8 Å². The number of benzene rings is 2. The summed E-state index contributed by atoms with van der Waals surface area (Å²) in [7, 11) is 1.58. The molecule has 2 amide bonds. The minimum Gasteiger partial charge on any atom is -0.497 e. The van der Waals surface area contributed by atoms with E-state index in [9.17, 15) is 14.4 Å². The molecule has 2 heterocycles. The van der Waals surface area contributed by atoms with E-state index in [-0.39, 0.29) is 24.1 Å². The summed E-state index contributed by atoms with van der Waals surface area (Å²) in [6.45, 7) is 1.47. The number of fused-ring (bicyclic) bond motifs is 1. The fraction of sp³-hybridized carbons (Fsp3) is 0.190. The third-order valence-corrected chi connectivity index (χ3v) is 4.77. The number of ether oxygens (including phenoxy) is 1. The third kappa shape index (κ3) is 3.77. The van der Waals surface area contributed by atoms with Crippen molar-refractivity contribution in [3.05, 3.63) is 54.1 Å². The van der Waals surface area contributed by atoms with Gasteiger partial charge in [-0.3, -0.25) is 19.7 Å². The molecule has 2 aromatic carbocycles. The highest BCUT2D eigenvalue weighted by molar-refractivity contribution is 6.01. The number of hydrogen-bond acceptors (Lipinski definition) is 6. The van der Waals surface area contributed by atoms with Gasteiger partial charge in [-0.25, -0.2) is 4.68 Å². The second-order valence-corrected chi connectivity index (χ2v) is 6.82. The number of hydrogen-bond donors (Lipinski definition) is 2. The van der Waals surface area contributed by atoms with Crippen LogP contribution < -0.4 is 15.4 Å². The lowest BCUT2D eigenvalue weighted by molar-refractivity contribution is -0.125. The predicted octanol–water partition coefficient (Wildman–Crippen LogP) is 2.68. The van der Waals surface area contributed by atoms with Gasteiger partial charge in [-0.05, 0) is 55.5 Å². The Hall–Kier alpha value is -4.01. The zero-order valence-electron chi connectivity index (χ0n) is 16.4. The lowest BCUT2D eigenvalue weighted by Gasteiger charge is -2.22. The van der Waals surface area contributed by atoms with Gasteiger partial charge in [0.25, 0.3) is 0 Å². The van der Waals surface area contributed by atoms with Crippen LogP contribution in [0.4, 0.5) is 11.6 Å². The SMILES string of the molecule is COc1ccc(-c2nc3n(n2)[C@@H](C(=O)Nc2ccc(C(C)=O)cc2)CC(=O)N3)cc1. The Morgan fingerprint density at radius 2 is 1.83 bits per heavy atom. The van der Waals surface area contributed by atoms with Gasteiger partial charge >= 0.3 is 0 Å². The molecule has 0 bridgehead atoms. The topological polar surface area (TPSA) is 115 Å². The molecule has 4 rings (SSSR count). The van der Waals surface area contributed by atoms with Crippen molar-refractivity contribution < 1.29 is 19.1 Å². The molecule has 3 aromatic rings. The summed E-state index contributed by atoms with van der Waals surface area (Å²) in [6.07, 6.45) is -0.0597. The average Bonchev–Trinajstić information content (AvgIpc) is 3.17. The number of methoxy groups -OCH3 is 1. The van der Waals surface area contributed by atoms with Gasteiger partial charge in [0.05, 0.1) is 13.5 Å². The minimum absolute atomic E-state index is 0.0597. The molecule has 1 aliphatic heterocycles. The van der Waals surface area contributed by atoms with Gasteiger partial charge in [-0.15, -0.1) is 5.10 Å². The van der Waals surface area contributed by atoms with Crippen molar-refractivity contribution in [1.82, 2.24) is 14.8 Å². The Morgan fingerprint density at radius 3 is 2.47 bits per heavy atom. The first-order chi connectivity index (χ1) is 14.4. The van der Waals surface area contributed by atoms with E-state index in [1.807, 2.05) is 0 Å². The number of carbonyl (C=O) groups excluding carboxylic acids is 3. The van der Waals surface area contributed by atoms with Crippen molar-refractivity contribution in [3.63, 3.8) is 0 Å². The molecular weight excluding hydrogens is 386 g/mol. The number of rotatable bonds is 5. The van der Waals surface area contributed by atoms with Gasteiger partial charge in [0.1, 0.15) is 11.8 Å². The number of ketones is 1. The van der Waals surface area contributed by atoms with Gasteiger partial charge < -0.3 is 10.1 Å². The summed E-state index contributed by atoms with van der Waals surface area (Å²) in [5.74, 6) is 0.526. The molecule has 9 nitrogen and oxygen atoms in total. The van der Waals surface area contributed by atoms with Crippen LogP contribution in [0.2, 0.25) is 0 Å². The van der Waals surface area contributed by atoms with Crippen LogP contribution in [0.25, 0.3) is 11.4 Å². The fourth-order valence-corrected chi connectivity index (χ4v) is 3.14. The summed E-state index contributed by atoms with van der Waals surface area (Å²) in [6, 6.07) is 12.9. The number of nitrogens with zero attached hydrogens (tertiary/aromatic N) is 3. The van der Waals surface area contributed by atoms with E-state index in [2.05, 4.69) is 20.7 Å². The first-order valence-electron chi connectivity index (χ1n) is 9.27. The zero-order chi connectivity index (χ0) is 21.3. The minimum atomic E-state index is -0.847. The summed E-state index contributed by atoms with van der Waals surface area (Å²) in [5.41, 5.74) is 1.80. The van der Waals surface area contributed by atoms with E-state index in [0.717, 1.165) is 5.56 Å². The van der Waals surface area contributed by atoms with Crippen LogP contribution in [0.3, 0.4) is 0 Å². The number of aromatic nitrogens is 3. The van der Waals surface area contributed by atoms with Crippen molar-refractivity contribution in [2.24, 2.45) is 0 Å². The van der Waals surface area contributed by atoms with E-state index in [1.54, 1.807) is 55.6 Å². The van der Waals surface area contributed by atoms with Crippen LogP contribution in [0.5, 0.6) is 5.75 Å². The Morgan fingerprint density at radius 1 is 1.13 bits per heavy atom. The van der Waals surface area contributed by atoms with Gasteiger partial charge in [0.2, 0.25) is 17.8 Å². The highest BCUT2D eigenvalue weighted by Crippen LogP contribution is 2.28. The number of Topliss-reactive ketones (excluding diaryl/α,β-unsaturated/α-hetero) is 1. The molecule has 0 fully saturated rings. The second kappa shape index (κ2) is 7.78. The van der Waals surface area contributed by atoms with Crippen molar-refractivity contribution >= 4 is 29.2 Å². The quantitative estimate of drug-likeness (QED) is 0.631. The zero-order valence-corrected chi connectivity index (χ0v) is 16.4. The maximum Gasteiger partial charge on any atom is 0.249 e. The van der Waals surface area contributed by atoms with Crippen LogP contribution in [0.15, 0.2) is 48.5 Å². The molecule has 9 heteroatoms. The van der Waals surface area contributed by atoms with Crippen LogP contribution in [0.1, 0.15) is 29.7 Å². The van der Waals surface area contributed by atoms with E-state index < -0.39 is 11.9 Å². The molecule has 1 aliphatic rings. The first kappa shape index (κ1) is 19.3. The smallest absolute Gasteiger partial charge is 0.249 e. The summed E-state index contributed by atoms with van der Waals surface area (Å²) < 4.78 is 6.57. The number of carbonyl (C=O) groups is 3. The molecule has 0 unspecified atom stereocenters. The second-order valence-electron chi connectivity index (χ2n) is 6.82. The lowest BCUT2D eigenvalue weighted by Crippen LogP contribution is -2.36. The average molecular weight is 405 g/mol. The molecule has 0 spiro atoms. The molecule has 2 N–H and O–H groups in total. The molecule has 0 saturated carbocycles. The lowest BCUT2D eigenvalue weighted by atomic mass is 10.1. The summed E-state index contributed by atoms with van der Waals surface area (Å²) in [5, 5.41) is 9.85. The number of amides is 2. The summed E-state index contributed by atoms with van der Waals surface area (Å²) >= 11 is 0. The number of anilines is 2. The molecule has 0 saturated heterocycles. The van der Waals surface area contributed by atoms with E-state index >= 15 is 0 Å². The van der Waals surface area contributed by atoms with Gasteiger partial charge in [0, 0.05) is 16.8 Å². The third-order valence-electron chi connectivity index (χ3n) is 4.77. The fourth-order valence-electron chi connectivity index (χ4n) is 3.14. The molecule has 152 valence electrons. The Balaban J connectivity index is 1.59. The Labute approximate surface area is 172 Å². The standard InChI is InChI=1S/C21H19N5O4/c1-12(27)13-3-7-15(8-4-13)22-20(29)17-11-18(28)23-21-24-19(25-26(17)21)14-5-9-16(30-2)10-6-14/h3-10,17H,11H2,1-2H3,(H,22,29)(H,23,24,25,28)/t17-/m1/s1. The van der Waals surface area contributed by atoms with Crippen LogP contribution in [-0.2, 0) is 9.59 Å². The van der Waals surface area contributed by atoms with Crippen molar-refractivity contribution in [2.45, 2.75) is 19.4 Å². The molecule has 0 aliphatic carbocycles. The summed E-state index contributed by atoms with van der Waals surface area (Å²) in [4.78, 5) is 40.7. The maximum absolute atomic E-state index is 12.9. The Bertz CT molecular complexity index is 1120. The van der Waals surface area contributed by atoms with Gasteiger partial charge in [0.15, 0.2) is 11.6 Å². The Kier molecular flexibility index (Phi) is 5.01. The van der Waals surface area contributed by atoms with Crippen molar-refractivity contribution in [2.75, 3.05) is 17.7 Å². The van der Waals surface area contributed by atoms with Crippen LogP contribution in [-0.4, -0.2) is 39.5 Å². The van der Waals surface area contributed by atoms with Crippen molar-refractivity contribution in [1.29, 1.82) is 0 Å². The van der Waals surface area contributed by atoms with Crippen molar-refractivity contribution in [3.8, 4) is 17.1 Å². The van der Waals surface area contributed by atoms with Gasteiger partial charge in [-0.1, -0.05) is 0 Å². The molecule has 1 aromatic heterocycles. The molecule has 30 heavy (non-hydrogen) atoms. The van der Waals surface area contributed by atoms with E-state index in [4.69, 9.17) is 4.74 Å². The normalized spacial score (nSPS) is 15.1. The van der Waals surface area contributed by atoms with E-state index in [1.165, 1.54) is 11.6 Å². The van der Waals surface area contributed by atoms with Crippen LogP contribution >= 0.6 is 0 Å². The first-order valence-corrected chi connectivity index (χ1v) is 9.27. The van der Waals surface area contributed by atoms with Crippen LogP contribution in [0, 0.1) is 0 Å². The largest absolute Gasteiger partial charge is 0.497 e. The van der Waals surface area contributed by atoms with Gasteiger partial charge in [-0.2, -0.15) is 4.98 Å². The molecule has 0 radical (unpaired) electrons. The monoisotopic (exact) mass is 405 g/mol. The highest BCUT2D eigenvalue weighted by Gasteiger charge is 2.33. The molecular formula is C21H19N5O4. The maximum atomic E-state index is 12.9. The number of nitrogens with one attached hydrogen (secondary N) is 2. The predicted molar refractivity (Wildman–Crippen MR) is 109 cm³/mol. The molecule has 1 atom stereocenters.